The van der Waals surface area contributed by atoms with Crippen LogP contribution >= 0.6 is 0 Å². The standard InChI is InChI=1S/C25H22F3NO4/c1-31-22-12-15-10-11-29(25(30)24-19(27)4-3-5-20(24)28)21(18(15)13-23(22)32-2)14-33-17-8-6-16(26)7-9-17/h3-9,12-13,21H,10-11,14H2,1-2H3. The van der Waals surface area contributed by atoms with E-state index in [9.17, 15) is 18.0 Å². The fourth-order valence-corrected chi connectivity index (χ4v) is 4.00. The molecule has 0 saturated heterocycles. The molecule has 172 valence electrons. The van der Waals surface area contributed by atoms with Gasteiger partial charge in [-0.25, -0.2) is 13.2 Å². The minimum Gasteiger partial charge on any atom is -0.493 e. The van der Waals surface area contributed by atoms with E-state index in [1.54, 1.807) is 6.07 Å². The summed E-state index contributed by atoms with van der Waals surface area (Å²) in [6, 6.07) is 11.6. The number of halogens is 3. The molecule has 33 heavy (non-hydrogen) atoms. The molecule has 0 bridgehead atoms. The number of benzene rings is 3. The maximum Gasteiger partial charge on any atom is 0.260 e. The molecule has 0 radical (unpaired) electrons. The molecule has 0 aliphatic carbocycles. The van der Waals surface area contributed by atoms with Crippen LogP contribution in [0, 0.1) is 17.5 Å². The Balaban J connectivity index is 1.74. The molecule has 0 N–H and O–H groups in total. The van der Waals surface area contributed by atoms with E-state index >= 15 is 0 Å². The van der Waals surface area contributed by atoms with Crippen LogP contribution in [0.5, 0.6) is 17.2 Å². The van der Waals surface area contributed by atoms with E-state index in [1.165, 1.54) is 49.5 Å². The second-order valence-corrected chi connectivity index (χ2v) is 7.53. The van der Waals surface area contributed by atoms with Crippen molar-refractivity contribution in [1.29, 1.82) is 0 Å². The number of hydrogen-bond donors (Lipinski definition) is 0. The van der Waals surface area contributed by atoms with Crippen molar-refractivity contribution in [3.05, 3.63) is 88.7 Å². The van der Waals surface area contributed by atoms with Crippen LogP contribution in [0.25, 0.3) is 0 Å². The largest absolute Gasteiger partial charge is 0.493 e. The van der Waals surface area contributed by atoms with Crippen LogP contribution in [0.2, 0.25) is 0 Å². The average molecular weight is 457 g/mol. The molecule has 1 amide bonds. The smallest absolute Gasteiger partial charge is 0.260 e. The minimum atomic E-state index is -0.934. The van der Waals surface area contributed by atoms with Gasteiger partial charge in [0.05, 0.1) is 20.3 Å². The number of methoxy groups -OCH3 is 2. The van der Waals surface area contributed by atoms with Gasteiger partial charge in [0.15, 0.2) is 11.5 Å². The number of nitrogens with zero attached hydrogens (tertiary/aromatic N) is 1. The summed E-state index contributed by atoms with van der Waals surface area (Å²) < 4.78 is 58.7. The van der Waals surface area contributed by atoms with Gasteiger partial charge in [-0.05, 0) is 66.1 Å². The molecule has 3 aromatic rings. The Morgan fingerprint density at radius 1 is 0.970 bits per heavy atom. The molecule has 1 unspecified atom stereocenters. The van der Waals surface area contributed by atoms with Gasteiger partial charge >= 0.3 is 0 Å². The third-order valence-corrected chi connectivity index (χ3v) is 5.66. The van der Waals surface area contributed by atoms with Crippen molar-refractivity contribution in [2.75, 3.05) is 27.4 Å². The van der Waals surface area contributed by atoms with E-state index in [2.05, 4.69) is 0 Å². The Bertz CT molecular complexity index is 1150. The highest BCUT2D eigenvalue weighted by Crippen LogP contribution is 2.39. The SMILES string of the molecule is COc1cc2c(cc1OC)C(COc1ccc(F)cc1)N(C(=O)c1c(F)cccc1F)CC2. The van der Waals surface area contributed by atoms with Gasteiger partial charge < -0.3 is 19.1 Å². The summed E-state index contributed by atoms with van der Waals surface area (Å²) in [4.78, 5) is 14.7. The maximum atomic E-state index is 14.4. The molecule has 1 heterocycles. The molecule has 0 saturated carbocycles. The zero-order valence-corrected chi connectivity index (χ0v) is 18.1. The number of fused-ring (bicyclic) bond motifs is 1. The first-order valence-electron chi connectivity index (χ1n) is 10.3. The summed E-state index contributed by atoms with van der Waals surface area (Å²) >= 11 is 0. The Morgan fingerprint density at radius 3 is 2.24 bits per heavy atom. The lowest BCUT2D eigenvalue weighted by Crippen LogP contribution is -2.43. The summed E-state index contributed by atoms with van der Waals surface area (Å²) in [5.41, 5.74) is 0.998. The number of rotatable bonds is 6. The molecular weight excluding hydrogens is 435 g/mol. The molecule has 0 aromatic heterocycles. The first-order chi connectivity index (χ1) is 15.9. The van der Waals surface area contributed by atoms with Gasteiger partial charge in [0.25, 0.3) is 5.91 Å². The first-order valence-corrected chi connectivity index (χ1v) is 10.3. The average Bonchev–Trinajstić information content (AvgIpc) is 2.82. The number of carbonyl (C=O) groups excluding carboxylic acids is 1. The van der Waals surface area contributed by atoms with Gasteiger partial charge in [-0.3, -0.25) is 4.79 Å². The van der Waals surface area contributed by atoms with E-state index in [0.717, 1.165) is 17.7 Å². The van der Waals surface area contributed by atoms with Gasteiger partial charge in [0.2, 0.25) is 0 Å². The molecule has 1 aliphatic rings. The first kappa shape index (κ1) is 22.5. The third kappa shape index (κ3) is 4.46. The van der Waals surface area contributed by atoms with Gasteiger partial charge in [0, 0.05) is 6.54 Å². The highest BCUT2D eigenvalue weighted by atomic mass is 19.1. The van der Waals surface area contributed by atoms with Crippen LogP contribution < -0.4 is 14.2 Å². The molecular formula is C25H22F3NO4. The van der Waals surface area contributed by atoms with Crippen LogP contribution in [0.4, 0.5) is 13.2 Å². The number of carbonyl (C=O) groups is 1. The Labute approximate surface area is 189 Å². The van der Waals surface area contributed by atoms with Crippen molar-refractivity contribution in [1.82, 2.24) is 4.90 Å². The normalized spacial score (nSPS) is 15.1. The van der Waals surface area contributed by atoms with Gasteiger partial charge in [-0.2, -0.15) is 0 Å². The van der Waals surface area contributed by atoms with E-state index in [4.69, 9.17) is 14.2 Å². The quantitative estimate of drug-likeness (QED) is 0.526. The van der Waals surface area contributed by atoms with E-state index in [0.29, 0.717) is 29.2 Å². The van der Waals surface area contributed by atoms with Gasteiger partial charge in [0.1, 0.15) is 35.4 Å². The van der Waals surface area contributed by atoms with E-state index in [-0.39, 0.29) is 13.2 Å². The molecule has 4 rings (SSSR count). The lowest BCUT2D eigenvalue weighted by Gasteiger charge is -2.37. The van der Waals surface area contributed by atoms with Crippen molar-refractivity contribution in [3.63, 3.8) is 0 Å². The topological polar surface area (TPSA) is 48.0 Å². The van der Waals surface area contributed by atoms with E-state index < -0.39 is 35.0 Å². The number of hydrogen-bond acceptors (Lipinski definition) is 4. The van der Waals surface area contributed by atoms with Crippen molar-refractivity contribution < 1.29 is 32.2 Å². The zero-order valence-electron chi connectivity index (χ0n) is 18.1. The van der Waals surface area contributed by atoms with Gasteiger partial charge in [-0.1, -0.05) is 6.07 Å². The van der Waals surface area contributed by atoms with Crippen LogP contribution in [-0.4, -0.2) is 38.2 Å². The predicted molar refractivity (Wildman–Crippen MR) is 115 cm³/mol. The van der Waals surface area contributed by atoms with Crippen LogP contribution in [0.1, 0.15) is 27.5 Å². The fourth-order valence-electron chi connectivity index (χ4n) is 4.00. The Hall–Kier alpha value is -3.68. The van der Waals surface area contributed by atoms with Crippen LogP contribution in [-0.2, 0) is 6.42 Å². The van der Waals surface area contributed by atoms with E-state index in [1.807, 2.05) is 6.07 Å². The summed E-state index contributed by atoms with van der Waals surface area (Å²) in [5.74, 6) is -1.67. The second kappa shape index (κ2) is 9.44. The summed E-state index contributed by atoms with van der Waals surface area (Å²) in [7, 11) is 3.02. The number of amides is 1. The van der Waals surface area contributed by atoms with Crippen molar-refractivity contribution in [3.8, 4) is 17.2 Å². The van der Waals surface area contributed by atoms with Crippen molar-refractivity contribution in [2.45, 2.75) is 12.5 Å². The Morgan fingerprint density at radius 2 is 1.61 bits per heavy atom. The molecule has 5 nitrogen and oxygen atoms in total. The summed E-state index contributed by atoms with van der Waals surface area (Å²) in [6.45, 7) is 0.197. The highest BCUT2D eigenvalue weighted by Gasteiger charge is 2.35. The lowest BCUT2D eigenvalue weighted by molar-refractivity contribution is 0.0579. The van der Waals surface area contributed by atoms with Crippen LogP contribution in [0.3, 0.4) is 0 Å². The Kier molecular flexibility index (Phi) is 6.44. The van der Waals surface area contributed by atoms with Crippen LogP contribution in [0.15, 0.2) is 54.6 Å². The van der Waals surface area contributed by atoms with Crippen molar-refractivity contribution >= 4 is 5.91 Å². The molecule has 3 aromatic carbocycles. The molecule has 0 fully saturated rings. The molecule has 1 atom stereocenters. The molecule has 0 spiro atoms. The predicted octanol–water partition coefficient (Wildman–Crippen LogP) is 4.94. The lowest BCUT2D eigenvalue weighted by atomic mass is 9.91. The maximum absolute atomic E-state index is 14.4. The zero-order chi connectivity index (χ0) is 23.5. The molecule has 8 heteroatoms. The highest BCUT2D eigenvalue weighted by molar-refractivity contribution is 5.95. The monoisotopic (exact) mass is 457 g/mol. The van der Waals surface area contributed by atoms with Crippen molar-refractivity contribution in [2.24, 2.45) is 0 Å². The summed E-state index contributed by atoms with van der Waals surface area (Å²) in [5, 5.41) is 0. The molecule has 1 aliphatic heterocycles. The second-order valence-electron chi connectivity index (χ2n) is 7.53. The minimum absolute atomic E-state index is 0.0179. The summed E-state index contributed by atoms with van der Waals surface area (Å²) in [6.07, 6.45) is 0.449. The third-order valence-electron chi connectivity index (χ3n) is 5.66. The number of ether oxygens (including phenoxy) is 3. The van der Waals surface area contributed by atoms with Gasteiger partial charge in [-0.15, -0.1) is 0 Å². The fraction of sp³-hybridized carbons (Fsp3) is 0.240.